The van der Waals surface area contributed by atoms with E-state index in [0.29, 0.717) is 11.3 Å². The third-order valence-electron chi connectivity index (χ3n) is 3.78. The van der Waals surface area contributed by atoms with Crippen molar-refractivity contribution in [1.29, 1.82) is 0 Å². The summed E-state index contributed by atoms with van der Waals surface area (Å²) in [6.07, 6.45) is -1.18. The summed E-state index contributed by atoms with van der Waals surface area (Å²) < 4.78 is 0. The Bertz CT molecular complexity index is 526. The fourth-order valence-electron chi connectivity index (χ4n) is 2.44. The SMILES string of the molecule is CN(CCO)[C@@H](Cc1ccccc1)[C@@H](O)C(=O)N(CCO)C(N)=O. The van der Waals surface area contributed by atoms with E-state index in [1.807, 2.05) is 30.3 Å². The highest BCUT2D eigenvalue weighted by Crippen LogP contribution is 2.13. The quantitative estimate of drug-likeness (QED) is 0.447. The second-order valence-electron chi connectivity index (χ2n) is 5.46. The Morgan fingerprint density at radius 2 is 1.71 bits per heavy atom. The number of carbonyl (C=O) groups is 2. The molecule has 0 aliphatic heterocycles. The predicted octanol–water partition coefficient (Wildman–Crippen LogP) is -1.22. The molecule has 24 heavy (non-hydrogen) atoms. The van der Waals surface area contributed by atoms with E-state index in [9.17, 15) is 14.7 Å². The summed E-state index contributed by atoms with van der Waals surface area (Å²) in [4.78, 5) is 26.0. The molecule has 2 atom stereocenters. The Kier molecular flexibility index (Phi) is 8.34. The summed E-state index contributed by atoms with van der Waals surface area (Å²) in [5.74, 6) is -0.873. The van der Waals surface area contributed by atoms with Crippen molar-refractivity contribution in [3.8, 4) is 0 Å². The molecule has 0 radical (unpaired) electrons. The minimum absolute atomic E-state index is 0.140. The van der Waals surface area contributed by atoms with E-state index in [1.54, 1.807) is 11.9 Å². The van der Waals surface area contributed by atoms with E-state index in [4.69, 9.17) is 15.9 Å². The van der Waals surface area contributed by atoms with Gasteiger partial charge in [-0.15, -0.1) is 0 Å². The first-order valence-electron chi connectivity index (χ1n) is 7.67. The molecule has 0 aromatic heterocycles. The van der Waals surface area contributed by atoms with Crippen molar-refractivity contribution in [2.75, 3.05) is 33.4 Å². The average molecular weight is 339 g/mol. The maximum atomic E-state index is 12.4. The summed E-state index contributed by atoms with van der Waals surface area (Å²) in [6, 6.07) is 7.56. The van der Waals surface area contributed by atoms with Crippen molar-refractivity contribution >= 4 is 11.9 Å². The smallest absolute Gasteiger partial charge is 0.321 e. The van der Waals surface area contributed by atoms with Gasteiger partial charge >= 0.3 is 6.03 Å². The lowest BCUT2D eigenvalue weighted by atomic mass is 9.99. The number of primary amides is 1. The van der Waals surface area contributed by atoms with Gasteiger partial charge in [0, 0.05) is 12.6 Å². The molecule has 0 aliphatic rings. The van der Waals surface area contributed by atoms with E-state index in [0.717, 1.165) is 5.56 Å². The van der Waals surface area contributed by atoms with Gasteiger partial charge in [-0.2, -0.15) is 0 Å². The number of urea groups is 1. The lowest BCUT2D eigenvalue weighted by molar-refractivity contribution is -0.141. The number of aliphatic hydroxyl groups excluding tert-OH is 3. The predicted molar refractivity (Wildman–Crippen MR) is 88.0 cm³/mol. The van der Waals surface area contributed by atoms with Crippen molar-refractivity contribution in [2.45, 2.75) is 18.6 Å². The van der Waals surface area contributed by atoms with Crippen LogP contribution in [0.3, 0.4) is 0 Å². The van der Waals surface area contributed by atoms with Crippen molar-refractivity contribution in [3.63, 3.8) is 0 Å². The number of likely N-dealkylation sites (N-methyl/N-ethyl adjacent to an activating group) is 1. The van der Waals surface area contributed by atoms with Crippen LogP contribution in [0.5, 0.6) is 0 Å². The molecule has 134 valence electrons. The van der Waals surface area contributed by atoms with Crippen molar-refractivity contribution in [3.05, 3.63) is 35.9 Å². The number of benzene rings is 1. The number of nitrogens with two attached hydrogens (primary N) is 1. The molecular formula is C16H25N3O5. The zero-order chi connectivity index (χ0) is 18.1. The molecule has 0 aliphatic carbocycles. The van der Waals surface area contributed by atoms with Gasteiger partial charge in [0.2, 0.25) is 0 Å². The first-order chi connectivity index (χ1) is 11.4. The normalized spacial score (nSPS) is 13.5. The first-order valence-corrected chi connectivity index (χ1v) is 7.67. The number of rotatable bonds is 9. The zero-order valence-corrected chi connectivity index (χ0v) is 13.7. The lowest BCUT2D eigenvalue weighted by Crippen LogP contribution is -2.55. The van der Waals surface area contributed by atoms with Crippen molar-refractivity contribution in [2.24, 2.45) is 5.73 Å². The van der Waals surface area contributed by atoms with Crippen LogP contribution in [0.25, 0.3) is 0 Å². The van der Waals surface area contributed by atoms with Gasteiger partial charge in [0.05, 0.1) is 19.8 Å². The van der Waals surface area contributed by atoms with Crippen LogP contribution >= 0.6 is 0 Å². The van der Waals surface area contributed by atoms with Gasteiger partial charge in [0.25, 0.3) is 5.91 Å². The number of carbonyl (C=O) groups excluding carboxylic acids is 2. The van der Waals surface area contributed by atoms with Crippen LogP contribution in [0.2, 0.25) is 0 Å². The van der Waals surface area contributed by atoms with Gasteiger partial charge in [-0.05, 0) is 19.0 Å². The number of imide groups is 1. The van der Waals surface area contributed by atoms with Crippen LogP contribution in [0, 0.1) is 0 Å². The third-order valence-corrected chi connectivity index (χ3v) is 3.78. The van der Waals surface area contributed by atoms with Crippen LogP contribution in [-0.2, 0) is 11.2 Å². The lowest BCUT2D eigenvalue weighted by Gasteiger charge is -2.33. The molecule has 0 spiro atoms. The molecule has 0 bridgehead atoms. The highest BCUT2D eigenvalue weighted by Gasteiger charge is 2.34. The van der Waals surface area contributed by atoms with Crippen LogP contribution in [-0.4, -0.2) is 82.6 Å². The molecule has 0 saturated carbocycles. The molecule has 3 amide bonds. The average Bonchev–Trinajstić information content (AvgIpc) is 2.57. The van der Waals surface area contributed by atoms with Crippen LogP contribution in [0.1, 0.15) is 5.56 Å². The molecule has 1 aromatic carbocycles. The van der Waals surface area contributed by atoms with E-state index in [1.165, 1.54) is 0 Å². The Hall–Kier alpha value is -2.00. The molecule has 5 N–H and O–H groups in total. The fraction of sp³-hybridized carbons (Fsp3) is 0.500. The van der Waals surface area contributed by atoms with Crippen molar-refractivity contribution < 1.29 is 24.9 Å². The monoisotopic (exact) mass is 339 g/mol. The van der Waals surface area contributed by atoms with Crippen LogP contribution < -0.4 is 5.73 Å². The summed E-state index contributed by atoms with van der Waals surface area (Å²) in [6.45, 7) is -0.623. The van der Waals surface area contributed by atoms with E-state index >= 15 is 0 Å². The molecule has 0 saturated heterocycles. The van der Waals surface area contributed by atoms with E-state index in [2.05, 4.69) is 0 Å². The van der Waals surface area contributed by atoms with Gasteiger partial charge in [-0.25, -0.2) is 4.79 Å². The van der Waals surface area contributed by atoms with Gasteiger partial charge in [0.15, 0.2) is 0 Å². The van der Waals surface area contributed by atoms with Gasteiger partial charge in [-0.1, -0.05) is 30.3 Å². The molecule has 1 rings (SSSR count). The number of amides is 3. The Balaban J connectivity index is 2.99. The van der Waals surface area contributed by atoms with Gasteiger partial charge in [0.1, 0.15) is 6.10 Å². The maximum Gasteiger partial charge on any atom is 0.321 e. The zero-order valence-electron chi connectivity index (χ0n) is 13.7. The molecular weight excluding hydrogens is 314 g/mol. The minimum Gasteiger partial charge on any atom is -0.395 e. The van der Waals surface area contributed by atoms with Gasteiger partial charge in [-0.3, -0.25) is 14.6 Å². The standard InChI is InChI=1S/C16H25N3O5/c1-18(7-9-20)13(11-12-5-3-2-4-6-12)14(22)15(23)19(8-10-21)16(17)24/h2-6,13-14,20-22H,7-11H2,1H3,(H2,17,24)/t13-,14+/m0/s1. The minimum atomic E-state index is -1.53. The summed E-state index contributed by atoms with van der Waals surface area (Å²) in [5, 5.41) is 28.6. The molecule has 8 heteroatoms. The third kappa shape index (κ3) is 5.57. The van der Waals surface area contributed by atoms with Crippen LogP contribution in [0.15, 0.2) is 30.3 Å². The molecule has 8 nitrogen and oxygen atoms in total. The second kappa shape index (κ2) is 9.99. The number of aliphatic hydroxyl groups is 3. The van der Waals surface area contributed by atoms with Crippen molar-refractivity contribution in [1.82, 2.24) is 9.80 Å². The first kappa shape index (κ1) is 20.0. The Labute approximate surface area is 141 Å². The Morgan fingerprint density at radius 3 is 2.21 bits per heavy atom. The highest BCUT2D eigenvalue weighted by molar-refractivity contribution is 5.96. The number of hydrogen-bond donors (Lipinski definition) is 4. The molecule has 0 heterocycles. The highest BCUT2D eigenvalue weighted by atomic mass is 16.3. The van der Waals surface area contributed by atoms with Crippen LogP contribution in [0.4, 0.5) is 4.79 Å². The van der Waals surface area contributed by atoms with E-state index < -0.39 is 30.7 Å². The summed E-state index contributed by atoms with van der Waals surface area (Å²) >= 11 is 0. The molecule has 1 aromatic rings. The summed E-state index contributed by atoms with van der Waals surface area (Å²) in [7, 11) is 1.67. The largest absolute Gasteiger partial charge is 0.395 e. The second-order valence-corrected chi connectivity index (χ2v) is 5.46. The number of nitrogens with zero attached hydrogens (tertiary/aromatic N) is 2. The maximum absolute atomic E-state index is 12.4. The van der Waals surface area contributed by atoms with E-state index in [-0.39, 0.29) is 19.7 Å². The summed E-state index contributed by atoms with van der Waals surface area (Å²) in [5.41, 5.74) is 6.03. The Morgan fingerprint density at radius 1 is 1.12 bits per heavy atom. The fourth-order valence-corrected chi connectivity index (χ4v) is 2.44. The topological polar surface area (TPSA) is 127 Å². The molecule has 0 unspecified atom stereocenters. The molecule has 0 fully saturated rings. The number of hydrogen-bond acceptors (Lipinski definition) is 6. The van der Waals surface area contributed by atoms with Gasteiger partial charge < -0.3 is 21.1 Å².